The molecule has 1 heterocycles. The Morgan fingerprint density at radius 3 is 2.69 bits per heavy atom. The van der Waals surface area contributed by atoms with Crippen LogP contribution in [0.3, 0.4) is 0 Å². The van der Waals surface area contributed by atoms with Crippen LogP contribution in [0.1, 0.15) is 13.8 Å². The lowest BCUT2D eigenvalue weighted by atomic mass is 10.4. The molecule has 3 nitrogen and oxygen atoms in total. The van der Waals surface area contributed by atoms with E-state index in [1.165, 1.54) is 5.57 Å². The second-order valence-corrected chi connectivity index (χ2v) is 2.99. The van der Waals surface area contributed by atoms with Crippen LogP contribution in [0.4, 0.5) is 5.82 Å². The third-order valence-electron chi connectivity index (χ3n) is 1.52. The molecule has 0 saturated heterocycles. The van der Waals surface area contributed by atoms with Crippen LogP contribution in [0, 0.1) is 0 Å². The molecule has 0 saturated carbocycles. The van der Waals surface area contributed by atoms with Crippen molar-refractivity contribution in [3.63, 3.8) is 0 Å². The monoisotopic (exact) mass is 177 g/mol. The molecule has 0 spiro atoms. The van der Waals surface area contributed by atoms with E-state index in [-0.39, 0.29) is 0 Å². The number of hydrazine groups is 1. The summed E-state index contributed by atoms with van der Waals surface area (Å²) in [4.78, 5) is 4.22. The van der Waals surface area contributed by atoms with Crippen molar-refractivity contribution in [2.75, 3.05) is 12.1 Å². The van der Waals surface area contributed by atoms with E-state index in [4.69, 9.17) is 0 Å². The highest BCUT2D eigenvalue weighted by Crippen LogP contribution is 2.07. The van der Waals surface area contributed by atoms with E-state index in [2.05, 4.69) is 10.4 Å². The average Bonchev–Trinajstić information content (AvgIpc) is 2.15. The Morgan fingerprint density at radius 2 is 2.23 bits per heavy atom. The standard InChI is InChI=1S/C10H15N3/c1-9(2)8-13(11-3)10-6-4-5-7-12-10/h4-8,11H,1-3H3. The Bertz CT molecular complexity index is 275. The second kappa shape index (κ2) is 4.62. The molecule has 0 atom stereocenters. The zero-order valence-electron chi connectivity index (χ0n) is 8.28. The van der Waals surface area contributed by atoms with Crippen LogP contribution in [-0.2, 0) is 0 Å². The number of hydrogen-bond donors (Lipinski definition) is 1. The first-order chi connectivity index (χ1) is 6.24. The Hall–Kier alpha value is -1.35. The van der Waals surface area contributed by atoms with E-state index in [1.54, 1.807) is 6.20 Å². The summed E-state index contributed by atoms with van der Waals surface area (Å²) in [6.07, 6.45) is 3.78. The van der Waals surface area contributed by atoms with Crippen molar-refractivity contribution < 1.29 is 0 Å². The highest BCUT2D eigenvalue weighted by Gasteiger charge is 1.99. The maximum Gasteiger partial charge on any atom is 0.146 e. The Kier molecular flexibility index (Phi) is 3.46. The number of aromatic nitrogens is 1. The molecule has 0 bridgehead atoms. The van der Waals surface area contributed by atoms with E-state index >= 15 is 0 Å². The predicted molar refractivity (Wildman–Crippen MR) is 55.2 cm³/mol. The van der Waals surface area contributed by atoms with Crippen molar-refractivity contribution in [3.05, 3.63) is 36.2 Å². The zero-order chi connectivity index (χ0) is 9.68. The lowest BCUT2D eigenvalue weighted by molar-refractivity contribution is 0.805. The SMILES string of the molecule is CNN(C=C(C)C)c1ccccn1. The number of allylic oxidation sites excluding steroid dienone is 1. The van der Waals surface area contributed by atoms with Crippen molar-refractivity contribution in [2.24, 2.45) is 0 Å². The van der Waals surface area contributed by atoms with Crippen LogP contribution in [0.5, 0.6) is 0 Å². The summed E-state index contributed by atoms with van der Waals surface area (Å²) in [6, 6.07) is 5.82. The Balaban J connectivity index is 2.85. The van der Waals surface area contributed by atoms with Gasteiger partial charge in [0.05, 0.1) is 0 Å². The van der Waals surface area contributed by atoms with Gasteiger partial charge >= 0.3 is 0 Å². The fourth-order valence-corrected chi connectivity index (χ4v) is 1.000. The van der Waals surface area contributed by atoms with E-state index in [0.29, 0.717) is 0 Å². The van der Waals surface area contributed by atoms with Gasteiger partial charge in [-0.25, -0.2) is 10.4 Å². The molecule has 0 radical (unpaired) electrons. The minimum atomic E-state index is 0.895. The van der Waals surface area contributed by atoms with Crippen LogP contribution in [0.15, 0.2) is 36.2 Å². The molecule has 13 heavy (non-hydrogen) atoms. The highest BCUT2D eigenvalue weighted by atomic mass is 15.5. The van der Waals surface area contributed by atoms with Crippen LogP contribution in [-0.4, -0.2) is 12.0 Å². The first-order valence-electron chi connectivity index (χ1n) is 4.26. The van der Waals surface area contributed by atoms with E-state index in [9.17, 15) is 0 Å². The lowest BCUT2D eigenvalue weighted by Crippen LogP contribution is -2.30. The molecule has 0 fully saturated rings. The quantitative estimate of drug-likeness (QED) is 0.715. The minimum absolute atomic E-state index is 0.895. The van der Waals surface area contributed by atoms with Gasteiger partial charge in [-0.2, -0.15) is 0 Å². The molecular weight excluding hydrogens is 162 g/mol. The van der Waals surface area contributed by atoms with Crippen molar-refractivity contribution in [3.8, 4) is 0 Å². The van der Waals surface area contributed by atoms with Crippen molar-refractivity contribution in [1.82, 2.24) is 10.4 Å². The van der Waals surface area contributed by atoms with Gasteiger partial charge in [0.1, 0.15) is 5.82 Å². The topological polar surface area (TPSA) is 28.2 Å². The zero-order valence-corrected chi connectivity index (χ0v) is 8.28. The Labute approximate surface area is 79.1 Å². The van der Waals surface area contributed by atoms with Gasteiger partial charge in [-0.05, 0) is 26.0 Å². The Morgan fingerprint density at radius 1 is 1.46 bits per heavy atom. The van der Waals surface area contributed by atoms with Crippen molar-refractivity contribution in [2.45, 2.75) is 13.8 Å². The summed E-state index contributed by atoms with van der Waals surface area (Å²) in [5.41, 5.74) is 4.27. The number of nitrogens with one attached hydrogen (secondary N) is 1. The summed E-state index contributed by atoms with van der Waals surface area (Å²) >= 11 is 0. The first-order valence-corrected chi connectivity index (χ1v) is 4.26. The van der Waals surface area contributed by atoms with Crippen LogP contribution < -0.4 is 10.4 Å². The van der Waals surface area contributed by atoms with Gasteiger partial charge in [-0.1, -0.05) is 11.6 Å². The van der Waals surface area contributed by atoms with E-state index < -0.39 is 0 Å². The van der Waals surface area contributed by atoms with Gasteiger partial charge in [0.2, 0.25) is 0 Å². The van der Waals surface area contributed by atoms with Crippen molar-refractivity contribution >= 4 is 5.82 Å². The maximum atomic E-state index is 4.22. The largest absolute Gasteiger partial charge is 0.267 e. The molecule has 0 unspecified atom stereocenters. The molecule has 1 rings (SSSR count). The van der Waals surface area contributed by atoms with Gasteiger partial charge in [-0.3, -0.25) is 5.01 Å². The number of pyridine rings is 1. The average molecular weight is 177 g/mol. The van der Waals surface area contributed by atoms with Gasteiger partial charge in [-0.15, -0.1) is 0 Å². The number of rotatable bonds is 3. The smallest absolute Gasteiger partial charge is 0.146 e. The van der Waals surface area contributed by atoms with Crippen LogP contribution >= 0.6 is 0 Å². The molecule has 0 aliphatic heterocycles. The van der Waals surface area contributed by atoms with Crippen LogP contribution in [0.2, 0.25) is 0 Å². The molecular formula is C10H15N3. The summed E-state index contributed by atoms with van der Waals surface area (Å²) in [5, 5.41) is 1.88. The van der Waals surface area contributed by atoms with Crippen LogP contribution in [0.25, 0.3) is 0 Å². The van der Waals surface area contributed by atoms with E-state index in [0.717, 1.165) is 5.82 Å². The summed E-state index contributed by atoms with van der Waals surface area (Å²) < 4.78 is 0. The van der Waals surface area contributed by atoms with Gasteiger partial charge in [0, 0.05) is 19.4 Å². The fourth-order valence-electron chi connectivity index (χ4n) is 1.000. The van der Waals surface area contributed by atoms with Gasteiger partial charge in [0.15, 0.2) is 0 Å². The number of hydrogen-bond acceptors (Lipinski definition) is 3. The molecule has 3 heteroatoms. The summed E-state index contributed by atoms with van der Waals surface area (Å²) in [6.45, 7) is 4.10. The summed E-state index contributed by atoms with van der Waals surface area (Å²) in [5.74, 6) is 0.895. The molecule has 0 aromatic carbocycles. The lowest BCUT2D eigenvalue weighted by Gasteiger charge is -2.17. The molecule has 0 aliphatic rings. The minimum Gasteiger partial charge on any atom is -0.267 e. The molecule has 1 aromatic rings. The van der Waals surface area contributed by atoms with E-state index in [1.807, 2.05) is 50.3 Å². The fraction of sp³-hybridized carbons (Fsp3) is 0.300. The second-order valence-electron chi connectivity index (χ2n) is 2.99. The van der Waals surface area contributed by atoms with Gasteiger partial charge in [0.25, 0.3) is 0 Å². The molecule has 0 amide bonds. The first kappa shape index (κ1) is 9.74. The number of anilines is 1. The molecule has 1 N–H and O–H groups in total. The normalized spacial score (nSPS) is 9.46. The third kappa shape index (κ3) is 2.87. The molecule has 0 aliphatic carbocycles. The molecule has 70 valence electrons. The summed E-state index contributed by atoms with van der Waals surface area (Å²) in [7, 11) is 1.87. The van der Waals surface area contributed by atoms with Crippen molar-refractivity contribution in [1.29, 1.82) is 0 Å². The maximum absolute atomic E-state index is 4.22. The predicted octanol–water partition coefficient (Wildman–Crippen LogP) is 1.95. The van der Waals surface area contributed by atoms with Gasteiger partial charge < -0.3 is 0 Å². The highest BCUT2D eigenvalue weighted by molar-refractivity contribution is 5.40. The third-order valence-corrected chi connectivity index (χ3v) is 1.52. The number of nitrogens with zero attached hydrogens (tertiary/aromatic N) is 2. The molecule has 1 aromatic heterocycles.